The van der Waals surface area contributed by atoms with E-state index < -0.39 is 0 Å². The number of methoxy groups -OCH3 is 2. The average molecular weight is 282 g/mol. The van der Waals surface area contributed by atoms with E-state index in [2.05, 4.69) is 9.97 Å². The second-order valence-electron chi connectivity index (χ2n) is 3.66. The van der Waals surface area contributed by atoms with E-state index >= 15 is 0 Å². The van der Waals surface area contributed by atoms with Crippen LogP contribution in [0.15, 0.2) is 18.2 Å². The van der Waals surface area contributed by atoms with E-state index in [1.54, 1.807) is 6.07 Å². The topological polar surface area (TPSA) is 90.5 Å². The van der Waals surface area contributed by atoms with Crippen molar-refractivity contribution in [2.24, 2.45) is 0 Å². The van der Waals surface area contributed by atoms with Crippen LogP contribution >= 0.6 is 11.6 Å². The zero-order valence-electron chi connectivity index (χ0n) is 10.3. The van der Waals surface area contributed by atoms with Crippen LogP contribution in [0.25, 0.3) is 11.3 Å². The van der Waals surface area contributed by atoms with Gasteiger partial charge in [-0.05, 0) is 0 Å². The fourth-order valence-electron chi connectivity index (χ4n) is 1.68. The predicted octanol–water partition coefficient (Wildman–Crippen LogP) is 2.10. The van der Waals surface area contributed by atoms with Gasteiger partial charge in [0.1, 0.15) is 22.4 Å². The molecule has 2 rings (SSSR count). The molecule has 2 aromatic rings. The number of aromatic hydroxyl groups is 1. The van der Waals surface area contributed by atoms with Gasteiger partial charge in [0.2, 0.25) is 5.95 Å². The molecule has 3 N–H and O–H groups in total. The third-order valence-electron chi connectivity index (χ3n) is 2.48. The molecule has 0 spiro atoms. The Hall–Kier alpha value is -2.21. The van der Waals surface area contributed by atoms with E-state index in [1.807, 2.05) is 0 Å². The number of phenolic OH excluding ortho intramolecular Hbond substituents is 1. The average Bonchev–Trinajstić information content (AvgIpc) is 2.36. The summed E-state index contributed by atoms with van der Waals surface area (Å²) in [7, 11) is 2.97. The summed E-state index contributed by atoms with van der Waals surface area (Å²) in [5.41, 5.74) is 6.28. The van der Waals surface area contributed by atoms with Crippen LogP contribution in [0, 0.1) is 0 Å². The fourth-order valence-corrected chi connectivity index (χ4v) is 1.87. The molecule has 0 unspecified atom stereocenters. The number of nitrogens with zero attached hydrogens (tertiary/aromatic N) is 2. The van der Waals surface area contributed by atoms with Gasteiger partial charge >= 0.3 is 0 Å². The minimum atomic E-state index is -0.0506. The second kappa shape index (κ2) is 5.19. The van der Waals surface area contributed by atoms with Crippen molar-refractivity contribution in [2.45, 2.75) is 0 Å². The Kier molecular flexibility index (Phi) is 3.62. The van der Waals surface area contributed by atoms with E-state index in [9.17, 15) is 5.11 Å². The molecule has 0 saturated heterocycles. The molecule has 1 heterocycles. The highest BCUT2D eigenvalue weighted by Crippen LogP contribution is 2.40. The first-order valence-electron chi connectivity index (χ1n) is 5.30. The molecule has 0 radical (unpaired) electrons. The summed E-state index contributed by atoms with van der Waals surface area (Å²) in [5.74, 6) is 0.822. The first-order valence-corrected chi connectivity index (χ1v) is 5.68. The van der Waals surface area contributed by atoms with Crippen LogP contribution in [-0.4, -0.2) is 29.3 Å². The van der Waals surface area contributed by atoms with Crippen LogP contribution in [0.4, 0.5) is 5.95 Å². The maximum absolute atomic E-state index is 10.1. The van der Waals surface area contributed by atoms with Gasteiger partial charge < -0.3 is 20.3 Å². The maximum Gasteiger partial charge on any atom is 0.221 e. The van der Waals surface area contributed by atoms with Crippen LogP contribution in [0.3, 0.4) is 0 Å². The second-order valence-corrected chi connectivity index (χ2v) is 4.05. The molecule has 1 aromatic carbocycles. The normalized spacial score (nSPS) is 10.3. The van der Waals surface area contributed by atoms with Gasteiger partial charge in [-0.1, -0.05) is 11.6 Å². The first kappa shape index (κ1) is 13.2. The van der Waals surface area contributed by atoms with Gasteiger partial charge in [0.05, 0.1) is 25.5 Å². The third-order valence-corrected chi connectivity index (χ3v) is 2.67. The summed E-state index contributed by atoms with van der Waals surface area (Å²) >= 11 is 5.83. The molecule has 0 aliphatic heterocycles. The van der Waals surface area contributed by atoms with Crippen molar-refractivity contribution in [1.29, 1.82) is 0 Å². The minimum Gasteiger partial charge on any atom is -0.507 e. The zero-order valence-corrected chi connectivity index (χ0v) is 11.1. The van der Waals surface area contributed by atoms with Crippen molar-refractivity contribution in [3.05, 3.63) is 23.4 Å². The first-order chi connectivity index (χ1) is 9.05. The number of rotatable bonds is 3. The van der Waals surface area contributed by atoms with E-state index in [0.29, 0.717) is 22.8 Å². The number of hydrogen-bond acceptors (Lipinski definition) is 6. The SMILES string of the molecule is COc1cc(O)c(-c2cc(Cl)nc(N)n2)c(OC)c1. The van der Waals surface area contributed by atoms with Crippen molar-refractivity contribution < 1.29 is 14.6 Å². The summed E-state index contributed by atoms with van der Waals surface area (Å²) in [6, 6.07) is 4.56. The van der Waals surface area contributed by atoms with Gasteiger partial charge in [0, 0.05) is 18.2 Å². The number of nitrogen functional groups attached to an aromatic ring is 1. The zero-order chi connectivity index (χ0) is 14.0. The molecule has 6 nitrogen and oxygen atoms in total. The number of anilines is 1. The van der Waals surface area contributed by atoms with Crippen molar-refractivity contribution >= 4 is 17.5 Å². The van der Waals surface area contributed by atoms with Gasteiger partial charge in [-0.25, -0.2) is 9.97 Å². The Morgan fingerprint density at radius 2 is 1.89 bits per heavy atom. The van der Waals surface area contributed by atoms with E-state index in [-0.39, 0.29) is 16.9 Å². The van der Waals surface area contributed by atoms with Crippen molar-refractivity contribution in [1.82, 2.24) is 9.97 Å². The Bertz CT molecular complexity index is 599. The highest BCUT2D eigenvalue weighted by Gasteiger charge is 2.16. The smallest absolute Gasteiger partial charge is 0.221 e. The molecule has 19 heavy (non-hydrogen) atoms. The van der Waals surface area contributed by atoms with E-state index in [4.69, 9.17) is 26.8 Å². The van der Waals surface area contributed by atoms with Crippen LogP contribution in [-0.2, 0) is 0 Å². The lowest BCUT2D eigenvalue weighted by Gasteiger charge is -2.12. The lowest BCUT2D eigenvalue weighted by atomic mass is 10.1. The number of phenols is 1. The molecule has 0 atom stereocenters. The summed E-state index contributed by atoms with van der Waals surface area (Å²) in [5, 5.41) is 10.2. The van der Waals surface area contributed by atoms with Gasteiger partial charge in [-0.15, -0.1) is 0 Å². The number of ether oxygens (including phenoxy) is 2. The van der Waals surface area contributed by atoms with Crippen molar-refractivity contribution in [3.63, 3.8) is 0 Å². The highest BCUT2D eigenvalue weighted by atomic mass is 35.5. The number of nitrogens with two attached hydrogens (primary N) is 1. The standard InChI is InChI=1S/C12H12ClN3O3/c1-18-6-3-8(17)11(9(4-6)19-2)7-5-10(13)16-12(14)15-7/h3-5,17H,1-2H3,(H2,14,15,16). The van der Waals surface area contributed by atoms with Crippen molar-refractivity contribution in [3.8, 4) is 28.5 Å². The van der Waals surface area contributed by atoms with Gasteiger partial charge in [-0.3, -0.25) is 0 Å². The molecular formula is C12H12ClN3O3. The Labute approximate surface area is 114 Å². The number of halogens is 1. The molecule has 0 bridgehead atoms. The molecule has 0 aliphatic carbocycles. The predicted molar refractivity (Wildman–Crippen MR) is 71.7 cm³/mol. The van der Waals surface area contributed by atoms with Crippen LogP contribution in [0.5, 0.6) is 17.2 Å². The molecule has 7 heteroatoms. The van der Waals surface area contributed by atoms with Gasteiger partial charge in [-0.2, -0.15) is 0 Å². The van der Waals surface area contributed by atoms with Gasteiger partial charge in [0.25, 0.3) is 0 Å². The summed E-state index contributed by atoms with van der Waals surface area (Å²) in [6.07, 6.45) is 0. The minimum absolute atomic E-state index is 0.0137. The quantitative estimate of drug-likeness (QED) is 0.837. The molecule has 100 valence electrons. The monoisotopic (exact) mass is 281 g/mol. The molecule has 0 aliphatic rings. The maximum atomic E-state index is 10.1. The van der Waals surface area contributed by atoms with Crippen LogP contribution in [0.1, 0.15) is 0 Å². The van der Waals surface area contributed by atoms with E-state index in [1.165, 1.54) is 26.4 Å². The largest absolute Gasteiger partial charge is 0.507 e. The van der Waals surface area contributed by atoms with E-state index in [0.717, 1.165) is 0 Å². The van der Waals surface area contributed by atoms with Crippen LogP contribution < -0.4 is 15.2 Å². The molecular weight excluding hydrogens is 270 g/mol. The molecule has 0 saturated carbocycles. The van der Waals surface area contributed by atoms with Crippen molar-refractivity contribution in [2.75, 3.05) is 20.0 Å². The highest BCUT2D eigenvalue weighted by molar-refractivity contribution is 6.29. The number of aromatic nitrogens is 2. The Balaban J connectivity index is 2.66. The molecule has 1 aromatic heterocycles. The Morgan fingerprint density at radius 1 is 1.16 bits per heavy atom. The summed E-state index contributed by atoms with van der Waals surface area (Å²) < 4.78 is 10.3. The summed E-state index contributed by atoms with van der Waals surface area (Å²) in [6.45, 7) is 0. The third kappa shape index (κ3) is 2.63. The lowest BCUT2D eigenvalue weighted by molar-refractivity contribution is 0.386. The number of hydrogen-bond donors (Lipinski definition) is 2. The Morgan fingerprint density at radius 3 is 2.47 bits per heavy atom. The molecule has 0 amide bonds. The summed E-state index contributed by atoms with van der Waals surface area (Å²) in [4.78, 5) is 7.79. The molecule has 0 fully saturated rings. The fraction of sp³-hybridized carbons (Fsp3) is 0.167. The van der Waals surface area contributed by atoms with Crippen LogP contribution in [0.2, 0.25) is 5.15 Å². The van der Waals surface area contributed by atoms with Gasteiger partial charge in [0.15, 0.2) is 0 Å². The lowest BCUT2D eigenvalue weighted by Crippen LogP contribution is -1.98. The number of benzene rings is 1.